The van der Waals surface area contributed by atoms with Crippen LogP contribution in [0.3, 0.4) is 0 Å². The topological polar surface area (TPSA) is 68.2 Å². The van der Waals surface area contributed by atoms with Crippen LogP contribution in [0.5, 0.6) is 5.88 Å². The molecule has 1 fully saturated rings. The Balaban J connectivity index is 1.39. The van der Waals surface area contributed by atoms with Gasteiger partial charge < -0.3 is 9.64 Å². The summed E-state index contributed by atoms with van der Waals surface area (Å²) in [6.07, 6.45) is 1.65. The van der Waals surface area contributed by atoms with E-state index < -0.39 is 0 Å². The van der Waals surface area contributed by atoms with Crippen molar-refractivity contribution in [2.24, 2.45) is 0 Å². The van der Waals surface area contributed by atoms with Crippen molar-refractivity contribution in [3.05, 3.63) is 46.9 Å². The molecule has 0 unspecified atom stereocenters. The van der Waals surface area contributed by atoms with Gasteiger partial charge in [0.15, 0.2) is 5.01 Å². The fourth-order valence-corrected chi connectivity index (χ4v) is 4.12. The van der Waals surface area contributed by atoms with Gasteiger partial charge in [0.05, 0.1) is 10.2 Å². The first-order chi connectivity index (χ1) is 12.6. The average molecular weight is 368 g/mol. The second-order valence-corrected chi connectivity index (χ2v) is 7.52. The van der Waals surface area contributed by atoms with Crippen molar-refractivity contribution < 1.29 is 9.53 Å². The summed E-state index contributed by atoms with van der Waals surface area (Å²) in [6.45, 7) is 5.13. The van der Waals surface area contributed by atoms with Gasteiger partial charge >= 0.3 is 0 Å². The molecule has 0 spiro atoms. The SMILES string of the molecule is Cc1cc(OC2CCN(C(=O)c3nc4ccccc4s3)CC2)nc(C)n1. The molecule has 2 aromatic heterocycles. The highest BCUT2D eigenvalue weighted by Crippen LogP contribution is 2.24. The maximum absolute atomic E-state index is 12.7. The molecule has 3 heterocycles. The molecule has 3 aromatic rings. The Morgan fingerprint density at radius 3 is 2.65 bits per heavy atom. The summed E-state index contributed by atoms with van der Waals surface area (Å²) in [7, 11) is 0. The molecular weight excluding hydrogens is 348 g/mol. The molecule has 134 valence electrons. The summed E-state index contributed by atoms with van der Waals surface area (Å²) in [5.74, 6) is 1.34. The predicted octanol–water partition coefficient (Wildman–Crippen LogP) is 3.39. The van der Waals surface area contributed by atoms with Crippen LogP contribution >= 0.6 is 11.3 Å². The number of ether oxygens (including phenoxy) is 1. The molecule has 0 saturated carbocycles. The van der Waals surface area contributed by atoms with Crippen LogP contribution in [0.2, 0.25) is 0 Å². The van der Waals surface area contributed by atoms with Crippen LogP contribution in [0.25, 0.3) is 10.2 Å². The van der Waals surface area contributed by atoms with Gasteiger partial charge in [0.25, 0.3) is 5.91 Å². The number of amides is 1. The van der Waals surface area contributed by atoms with Crippen LogP contribution in [0, 0.1) is 13.8 Å². The first kappa shape index (κ1) is 16.9. The molecule has 0 atom stereocenters. The molecule has 0 radical (unpaired) electrons. The second kappa shape index (κ2) is 6.99. The molecule has 0 bridgehead atoms. The van der Waals surface area contributed by atoms with E-state index in [4.69, 9.17) is 4.74 Å². The third kappa shape index (κ3) is 3.53. The fraction of sp³-hybridized carbons (Fsp3) is 0.368. The number of thiazole rings is 1. The standard InChI is InChI=1S/C19H20N4O2S/c1-12-11-17(21-13(2)20-12)25-14-7-9-23(10-8-14)19(24)18-22-15-5-3-4-6-16(15)26-18/h3-6,11,14H,7-10H2,1-2H3. The van der Waals surface area contributed by atoms with Gasteiger partial charge in [0.1, 0.15) is 11.9 Å². The summed E-state index contributed by atoms with van der Waals surface area (Å²) in [4.78, 5) is 27.7. The first-order valence-electron chi connectivity index (χ1n) is 8.72. The number of para-hydroxylation sites is 1. The van der Waals surface area contributed by atoms with Crippen LogP contribution in [0.1, 0.15) is 34.2 Å². The maximum atomic E-state index is 12.7. The van der Waals surface area contributed by atoms with Crippen molar-refractivity contribution >= 4 is 27.5 Å². The second-order valence-electron chi connectivity index (χ2n) is 6.49. The summed E-state index contributed by atoms with van der Waals surface area (Å²) in [6, 6.07) is 9.69. The van der Waals surface area contributed by atoms with E-state index in [9.17, 15) is 4.79 Å². The Morgan fingerprint density at radius 2 is 1.92 bits per heavy atom. The number of rotatable bonds is 3. The van der Waals surface area contributed by atoms with Crippen LogP contribution in [0.15, 0.2) is 30.3 Å². The lowest BCUT2D eigenvalue weighted by Gasteiger charge is -2.31. The molecule has 1 saturated heterocycles. The van der Waals surface area contributed by atoms with Crippen LogP contribution in [-0.2, 0) is 0 Å². The molecule has 6 nitrogen and oxygen atoms in total. The average Bonchev–Trinajstić information content (AvgIpc) is 3.05. The number of aromatic nitrogens is 3. The number of likely N-dealkylation sites (tertiary alicyclic amines) is 1. The Morgan fingerprint density at radius 1 is 1.15 bits per heavy atom. The van der Waals surface area contributed by atoms with Gasteiger partial charge in [0, 0.05) is 37.7 Å². The minimum absolute atomic E-state index is 0.0124. The Labute approximate surface area is 155 Å². The van der Waals surface area contributed by atoms with Gasteiger partial charge in [-0.05, 0) is 26.0 Å². The number of hydrogen-bond acceptors (Lipinski definition) is 6. The monoisotopic (exact) mass is 368 g/mol. The van der Waals surface area contributed by atoms with Gasteiger partial charge in [0.2, 0.25) is 5.88 Å². The summed E-state index contributed by atoms with van der Waals surface area (Å²) in [5.41, 5.74) is 1.78. The minimum Gasteiger partial charge on any atom is -0.474 e. The van der Waals surface area contributed by atoms with E-state index in [2.05, 4.69) is 15.0 Å². The van der Waals surface area contributed by atoms with Gasteiger partial charge in [-0.2, -0.15) is 4.98 Å². The van der Waals surface area contributed by atoms with Gasteiger partial charge in [-0.3, -0.25) is 4.79 Å². The number of nitrogens with zero attached hydrogens (tertiary/aromatic N) is 4. The van der Waals surface area contributed by atoms with Crippen molar-refractivity contribution in [2.45, 2.75) is 32.8 Å². The number of aryl methyl sites for hydroxylation is 2. The van der Waals surface area contributed by atoms with Crippen molar-refractivity contribution in [3.8, 4) is 5.88 Å². The van der Waals surface area contributed by atoms with Crippen molar-refractivity contribution in [2.75, 3.05) is 13.1 Å². The van der Waals surface area contributed by atoms with E-state index >= 15 is 0 Å². The lowest BCUT2D eigenvalue weighted by molar-refractivity contribution is 0.0587. The first-order valence-corrected chi connectivity index (χ1v) is 9.54. The zero-order chi connectivity index (χ0) is 18.1. The largest absolute Gasteiger partial charge is 0.474 e. The third-order valence-electron chi connectivity index (χ3n) is 4.44. The van der Waals surface area contributed by atoms with Crippen molar-refractivity contribution in [1.29, 1.82) is 0 Å². The number of benzene rings is 1. The highest BCUT2D eigenvalue weighted by Gasteiger charge is 2.26. The van der Waals surface area contributed by atoms with E-state index in [1.54, 1.807) is 0 Å². The third-order valence-corrected chi connectivity index (χ3v) is 5.46. The Bertz CT molecular complexity index is 894. The Kier molecular flexibility index (Phi) is 4.55. The van der Waals surface area contributed by atoms with Gasteiger partial charge in [-0.1, -0.05) is 12.1 Å². The molecule has 26 heavy (non-hydrogen) atoms. The highest BCUT2D eigenvalue weighted by atomic mass is 32.1. The lowest BCUT2D eigenvalue weighted by Crippen LogP contribution is -2.41. The van der Waals surface area contributed by atoms with Crippen molar-refractivity contribution in [3.63, 3.8) is 0 Å². The number of hydrogen-bond donors (Lipinski definition) is 0. The zero-order valence-electron chi connectivity index (χ0n) is 14.8. The number of fused-ring (bicyclic) bond motifs is 1. The normalized spacial score (nSPS) is 15.4. The number of carbonyl (C=O) groups is 1. The summed E-state index contributed by atoms with van der Waals surface area (Å²) < 4.78 is 7.04. The smallest absolute Gasteiger partial charge is 0.282 e. The number of carbonyl (C=O) groups excluding carboxylic acids is 1. The molecule has 0 N–H and O–H groups in total. The lowest BCUT2D eigenvalue weighted by atomic mass is 10.1. The molecule has 7 heteroatoms. The van der Waals surface area contributed by atoms with E-state index in [1.165, 1.54) is 11.3 Å². The summed E-state index contributed by atoms with van der Waals surface area (Å²) >= 11 is 1.46. The molecule has 1 amide bonds. The highest BCUT2D eigenvalue weighted by molar-refractivity contribution is 7.20. The molecule has 1 aliphatic heterocycles. The van der Waals surface area contributed by atoms with Crippen LogP contribution < -0.4 is 4.74 Å². The van der Waals surface area contributed by atoms with E-state index in [0.717, 1.165) is 28.8 Å². The minimum atomic E-state index is 0.0124. The van der Waals surface area contributed by atoms with Gasteiger partial charge in [-0.15, -0.1) is 11.3 Å². The molecule has 1 aromatic carbocycles. The fourth-order valence-electron chi connectivity index (χ4n) is 3.19. The molecular formula is C19H20N4O2S. The van der Waals surface area contributed by atoms with Crippen molar-refractivity contribution in [1.82, 2.24) is 19.9 Å². The molecule has 0 aliphatic carbocycles. The van der Waals surface area contributed by atoms with E-state index in [0.29, 0.717) is 29.8 Å². The van der Waals surface area contributed by atoms with E-state index in [-0.39, 0.29) is 12.0 Å². The molecule has 4 rings (SSSR count). The summed E-state index contributed by atoms with van der Waals surface area (Å²) in [5, 5.41) is 0.563. The molecule has 1 aliphatic rings. The maximum Gasteiger partial charge on any atom is 0.282 e. The van der Waals surface area contributed by atoms with Gasteiger partial charge in [-0.25, -0.2) is 9.97 Å². The zero-order valence-corrected chi connectivity index (χ0v) is 15.6. The Hall–Kier alpha value is -2.54. The van der Waals surface area contributed by atoms with Crippen LogP contribution in [0.4, 0.5) is 0 Å². The predicted molar refractivity (Wildman–Crippen MR) is 101 cm³/mol. The van der Waals surface area contributed by atoms with Crippen LogP contribution in [-0.4, -0.2) is 45.0 Å². The quantitative estimate of drug-likeness (QED) is 0.709. The number of piperidine rings is 1. The van der Waals surface area contributed by atoms with E-state index in [1.807, 2.05) is 49.1 Å².